The average molecular weight is 421 g/mol. The first-order valence-corrected chi connectivity index (χ1v) is 12.0. The molecule has 1 saturated carbocycles. The molecule has 0 radical (unpaired) electrons. The van der Waals surface area contributed by atoms with E-state index in [4.69, 9.17) is 0 Å². The average Bonchev–Trinajstić information content (AvgIpc) is 3.44. The fraction of sp³-hybridized carbons (Fsp3) is 0.350. The zero-order valence-corrected chi connectivity index (χ0v) is 17.7. The van der Waals surface area contributed by atoms with Gasteiger partial charge in [0.15, 0.2) is 0 Å². The summed E-state index contributed by atoms with van der Waals surface area (Å²) in [5, 5.41) is 2.80. The summed E-state index contributed by atoms with van der Waals surface area (Å²) in [4.78, 5) is 12.4. The van der Waals surface area contributed by atoms with Crippen LogP contribution in [-0.2, 0) is 20.8 Å². The number of hydrogen-bond donors (Lipinski definition) is 2. The lowest BCUT2D eigenvalue weighted by Gasteiger charge is -2.13. The van der Waals surface area contributed by atoms with E-state index in [2.05, 4.69) is 10.0 Å². The van der Waals surface area contributed by atoms with Crippen LogP contribution in [0.25, 0.3) is 0 Å². The van der Waals surface area contributed by atoms with Crippen LogP contribution in [0, 0.1) is 13.8 Å². The molecule has 0 bridgehead atoms. The second-order valence-electron chi connectivity index (χ2n) is 7.25. The highest BCUT2D eigenvalue weighted by Crippen LogP contribution is 2.40. The highest BCUT2D eigenvalue weighted by Gasteiger charge is 2.46. The second kappa shape index (κ2) is 7.67. The largest absolute Gasteiger partial charge is 0.351 e. The summed E-state index contributed by atoms with van der Waals surface area (Å²) < 4.78 is 39.1. The molecule has 0 saturated heterocycles. The Morgan fingerprint density at radius 1 is 1.07 bits per heavy atom. The Morgan fingerprint density at radius 2 is 1.71 bits per heavy atom. The van der Waals surface area contributed by atoms with Crippen LogP contribution in [0.15, 0.2) is 47.4 Å². The minimum atomic E-state index is -3.74. The van der Waals surface area contributed by atoms with Crippen LogP contribution >= 0.6 is 0 Å². The topological polar surface area (TPSA) is 92.3 Å². The molecule has 6 nitrogen and oxygen atoms in total. The van der Waals surface area contributed by atoms with Crippen molar-refractivity contribution in [2.24, 2.45) is 0 Å². The highest BCUT2D eigenvalue weighted by molar-refractivity contribution is 7.92. The lowest BCUT2D eigenvalue weighted by atomic mass is 10.1. The number of carbonyl (C=O) groups excluding carboxylic acids is 1. The fourth-order valence-electron chi connectivity index (χ4n) is 2.85. The maximum atomic E-state index is 12.6. The molecule has 1 fully saturated rings. The van der Waals surface area contributed by atoms with Gasteiger partial charge in [0.25, 0.3) is 15.9 Å². The molecule has 2 aromatic carbocycles. The number of anilines is 1. The third-order valence-corrected chi connectivity index (χ3v) is 8.34. The van der Waals surface area contributed by atoms with Crippen molar-refractivity contribution >= 4 is 32.4 Å². The van der Waals surface area contributed by atoms with Gasteiger partial charge >= 0.3 is 0 Å². The van der Waals surface area contributed by atoms with E-state index in [0.29, 0.717) is 17.8 Å². The summed E-state index contributed by atoms with van der Waals surface area (Å²) in [6.45, 7) is 4.24. The number of carbonyl (C=O) groups is 1. The molecule has 0 unspecified atom stereocenters. The summed E-state index contributed by atoms with van der Waals surface area (Å²) in [6, 6.07) is 11.1. The van der Waals surface area contributed by atoms with Gasteiger partial charge in [-0.3, -0.25) is 13.7 Å². The SMILES string of the molecule is Cc1ccc(NS(=O)(=O)c2ccc(C(=O)NCC3([S@@](C)=O)CC3)cc2)cc1C. The van der Waals surface area contributed by atoms with E-state index in [1.54, 1.807) is 18.4 Å². The lowest BCUT2D eigenvalue weighted by molar-refractivity contribution is 0.0953. The first-order chi connectivity index (χ1) is 13.1. The normalized spacial score (nSPS) is 16.2. The molecule has 8 heteroatoms. The Kier molecular flexibility index (Phi) is 5.63. The van der Waals surface area contributed by atoms with Crippen LogP contribution in [0.4, 0.5) is 5.69 Å². The molecule has 1 aliphatic rings. The van der Waals surface area contributed by atoms with Gasteiger partial charge < -0.3 is 5.32 Å². The first-order valence-electron chi connectivity index (χ1n) is 8.95. The Bertz CT molecular complexity index is 1030. The lowest BCUT2D eigenvalue weighted by Crippen LogP contribution is -2.35. The van der Waals surface area contributed by atoms with Crippen LogP contribution in [0.3, 0.4) is 0 Å². The van der Waals surface area contributed by atoms with Gasteiger partial charge in [0.2, 0.25) is 0 Å². The molecular weight excluding hydrogens is 396 g/mol. The monoisotopic (exact) mass is 420 g/mol. The standard InChI is InChI=1S/C20H24N2O4S2/c1-14-4-7-17(12-15(14)2)22-28(25,26)18-8-5-16(6-9-18)19(23)21-13-20(10-11-20)27(3)24/h4-9,12,22H,10-11,13H2,1-3H3,(H,21,23)/t27-/m1/s1. The van der Waals surface area contributed by atoms with E-state index in [9.17, 15) is 17.4 Å². The van der Waals surface area contributed by atoms with Gasteiger partial charge in [0.05, 0.1) is 9.64 Å². The molecule has 1 aliphatic carbocycles. The van der Waals surface area contributed by atoms with Gasteiger partial charge in [-0.05, 0) is 74.2 Å². The summed E-state index contributed by atoms with van der Waals surface area (Å²) in [5.41, 5.74) is 2.93. The van der Waals surface area contributed by atoms with Crippen LogP contribution in [-0.4, -0.2) is 36.1 Å². The van der Waals surface area contributed by atoms with Crippen molar-refractivity contribution in [1.82, 2.24) is 5.32 Å². The molecular formula is C20H24N2O4S2. The molecule has 1 amide bonds. The van der Waals surface area contributed by atoms with Gasteiger partial charge in [-0.25, -0.2) is 8.42 Å². The van der Waals surface area contributed by atoms with Gasteiger partial charge in [-0.15, -0.1) is 0 Å². The molecule has 1 atom stereocenters. The van der Waals surface area contributed by atoms with Crippen LogP contribution in [0.2, 0.25) is 0 Å². The zero-order valence-electron chi connectivity index (χ0n) is 16.1. The Morgan fingerprint density at radius 3 is 2.25 bits per heavy atom. The molecule has 150 valence electrons. The van der Waals surface area contributed by atoms with Crippen molar-refractivity contribution in [2.75, 3.05) is 17.5 Å². The number of hydrogen-bond acceptors (Lipinski definition) is 4. The zero-order chi connectivity index (χ0) is 20.5. The number of nitrogens with one attached hydrogen (secondary N) is 2. The van der Waals surface area contributed by atoms with Gasteiger partial charge in [-0.1, -0.05) is 6.07 Å². The molecule has 3 rings (SSSR count). The van der Waals surface area contributed by atoms with E-state index < -0.39 is 20.8 Å². The Balaban J connectivity index is 1.68. The quantitative estimate of drug-likeness (QED) is 0.720. The predicted molar refractivity (Wildman–Crippen MR) is 112 cm³/mol. The molecule has 0 aromatic heterocycles. The van der Waals surface area contributed by atoms with Crippen molar-refractivity contribution in [3.63, 3.8) is 0 Å². The van der Waals surface area contributed by atoms with Crippen molar-refractivity contribution in [3.05, 3.63) is 59.2 Å². The minimum absolute atomic E-state index is 0.0793. The number of sulfonamides is 1. The summed E-state index contributed by atoms with van der Waals surface area (Å²) in [5.74, 6) is -0.303. The van der Waals surface area contributed by atoms with Crippen LogP contribution in [0.5, 0.6) is 0 Å². The van der Waals surface area contributed by atoms with Crippen LogP contribution in [0.1, 0.15) is 34.3 Å². The Labute approximate surface area is 168 Å². The third-order valence-electron chi connectivity index (χ3n) is 5.17. The second-order valence-corrected chi connectivity index (χ2v) is 10.7. The van der Waals surface area contributed by atoms with Crippen molar-refractivity contribution < 1.29 is 17.4 Å². The smallest absolute Gasteiger partial charge is 0.261 e. The van der Waals surface area contributed by atoms with E-state index in [0.717, 1.165) is 24.0 Å². The molecule has 28 heavy (non-hydrogen) atoms. The molecule has 0 spiro atoms. The third kappa shape index (κ3) is 4.44. The summed E-state index contributed by atoms with van der Waals surface area (Å²) in [6.07, 6.45) is 3.34. The predicted octanol–water partition coefficient (Wildman–Crippen LogP) is 2.75. The van der Waals surface area contributed by atoms with Crippen molar-refractivity contribution in [3.8, 4) is 0 Å². The number of benzene rings is 2. The fourth-order valence-corrected chi connectivity index (χ4v) is 4.86. The maximum Gasteiger partial charge on any atom is 0.261 e. The molecule has 0 heterocycles. The summed E-state index contributed by atoms with van der Waals surface area (Å²) >= 11 is 0. The number of aryl methyl sites for hydroxylation is 2. The van der Waals surface area contributed by atoms with Crippen molar-refractivity contribution in [2.45, 2.75) is 36.3 Å². The highest BCUT2D eigenvalue weighted by atomic mass is 32.2. The number of rotatable bonds is 7. The van der Waals surface area contributed by atoms with E-state index in [-0.39, 0.29) is 15.5 Å². The van der Waals surface area contributed by atoms with Crippen molar-refractivity contribution in [1.29, 1.82) is 0 Å². The maximum absolute atomic E-state index is 12.6. The van der Waals surface area contributed by atoms with Gasteiger partial charge in [-0.2, -0.15) is 0 Å². The van der Waals surface area contributed by atoms with E-state index >= 15 is 0 Å². The van der Waals surface area contributed by atoms with Gasteiger partial charge in [0.1, 0.15) is 0 Å². The summed E-state index contributed by atoms with van der Waals surface area (Å²) in [7, 11) is -4.72. The number of amides is 1. The Hall–Kier alpha value is -2.19. The molecule has 2 aromatic rings. The minimum Gasteiger partial charge on any atom is -0.351 e. The van der Waals surface area contributed by atoms with Crippen LogP contribution < -0.4 is 10.0 Å². The van der Waals surface area contributed by atoms with E-state index in [1.165, 1.54) is 24.3 Å². The van der Waals surface area contributed by atoms with E-state index in [1.807, 2.05) is 19.9 Å². The van der Waals surface area contributed by atoms with Gasteiger partial charge in [0, 0.05) is 34.9 Å². The first kappa shape index (κ1) is 20.5. The molecule has 2 N–H and O–H groups in total. The molecule has 0 aliphatic heterocycles.